The van der Waals surface area contributed by atoms with Crippen LogP contribution in [0.15, 0.2) is 54.9 Å². The van der Waals surface area contributed by atoms with E-state index in [-0.39, 0.29) is 0 Å². The molecule has 124 valence electrons. The summed E-state index contributed by atoms with van der Waals surface area (Å²) < 4.78 is 4.13. The van der Waals surface area contributed by atoms with Gasteiger partial charge >= 0.3 is 0 Å². The Bertz CT molecular complexity index is 1060. The zero-order valence-corrected chi connectivity index (χ0v) is 14.0. The lowest BCUT2D eigenvalue weighted by Crippen LogP contribution is -2.34. The fraction of sp³-hybridized carbons (Fsp3) is 0.211. The smallest absolute Gasteiger partial charge is 0.155 e. The standard InChI is InChI=1S/C19H18N6/c1-14-11-20-25(12-14)18-8-4-7-17(22-18)23-9-10-24-16-6-3-2-5-15(16)21-19(24)13-23/h2-8,11-12H,9-10,13H2,1H3. The number of fused-ring (bicyclic) bond motifs is 3. The number of pyridine rings is 1. The topological polar surface area (TPSA) is 51.8 Å². The highest BCUT2D eigenvalue weighted by Gasteiger charge is 2.21. The number of para-hydroxylation sites is 2. The molecule has 0 spiro atoms. The molecule has 1 aromatic carbocycles. The fourth-order valence-corrected chi connectivity index (χ4v) is 3.42. The van der Waals surface area contributed by atoms with E-state index in [4.69, 9.17) is 9.97 Å². The van der Waals surface area contributed by atoms with Crippen molar-refractivity contribution in [3.8, 4) is 5.82 Å². The van der Waals surface area contributed by atoms with Crippen molar-refractivity contribution in [2.24, 2.45) is 0 Å². The van der Waals surface area contributed by atoms with Crippen molar-refractivity contribution in [2.45, 2.75) is 20.0 Å². The van der Waals surface area contributed by atoms with Gasteiger partial charge in [0, 0.05) is 19.3 Å². The van der Waals surface area contributed by atoms with Crippen LogP contribution in [0.4, 0.5) is 5.82 Å². The van der Waals surface area contributed by atoms with Gasteiger partial charge in [-0.2, -0.15) is 5.10 Å². The molecule has 0 fully saturated rings. The number of aromatic nitrogens is 5. The second-order valence-corrected chi connectivity index (χ2v) is 6.41. The summed E-state index contributed by atoms with van der Waals surface area (Å²) in [6.07, 6.45) is 3.83. The largest absolute Gasteiger partial charge is 0.347 e. The van der Waals surface area contributed by atoms with Gasteiger partial charge in [0.2, 0.25) is 0 Å². The van der Waals surface area contributed by atoms with Gasteiger partial charge in [0.05, 0.1) is 23.8 Å². The third kappa shape index (κ3) is 2.38. The van der Waals surface area contributed by atoms with E-state index in [1.54, 1.807) is 0 Å². The number of hydrogen-bond acceptors (Lipinski definition) is 4. The number of rotatable bonds is 2. The van der Waals surface area contributed by atoms with Gasteiger partial charge < -0.3 is 9.47 Å². The van der Waals surface area contributed by atoms with Gasteiger partial charge in [0.15, 0.2) is 5.82 Å². The average molecular weight is 330 g/mol. The molecule has 4 heterocycles. The zero-order chi connectivity index (χ0) is 16.8. The van der Waals surface area contributed by atoms with E-state index in [1.165, 1.54) is 5.52 Å². The Morgan fingerprint density at radius 3 is 2.68 bits per heavy atom. The molecule has 0 radical (unpaired) electrons. The lowest BCUT2D eigenvalue weighted by atomic mass is 10.3. The third-order valence-corrected chi connectivity index (χ3v) is 4.65. The van der Waals surface area contributed by atoms with Crippen LogP contribution in [-0.4, -0.2) is 30.9 Å². The van der Waals surface area contributed by atoms with E-state index in [0.717, 1.165) is 48.2 Å². The normalized spacial score (nSPS) is 14.0. The maximum atomic E-state index is 4.80. The minimum absolute atomic E-state index is 0.767. The first-order chi connectivity index (χ1) is 12.3. The van der Waals surface area contributed by atoms with Gasteiger partial charge in [-0.05, 0) is 36.8 Å². The van der Waals surface area contributed by atoms with Gasteiger partial charge in [-0.25, -0.2) is 14.6 Å². The minimum Gasteiger partial charge on any atom is -0.347 e. The summed E-state index contributed by atoms with van der Waals surface area (Å²) in [5, 5.41) is 4.36. The highest BCUT2D eigenvalue weighted by molar-refractivity contribution is 5.76. The molecule has 0 amide bonds. The van der Waals surface area contributed by atoms with Crippen LogP contribution in [0.2, 0.25) is 0 Å². The Morgan fingerprint density at radius 1 is 0.920 bits per heavy atom. The first-order valence-electron chi connectivity index (χ1n) is 8.46. The maximum absolute atomic E-state index is 4.80. The Labute approximate surface area is 145 Å². The van der Waals surface area contributed by atoms with Crippen molar-refractivity contribution in [3.05, 3.63) is 66.2 Å². The van der Waals surface area contributed by atoms with Gasteiger partial charge in [-0.1, -0.05) is 18.2 Å². The van der Waals surface area contributed by atoms with Crippen molar-refractivity contribution in [1.29, 1.82) is 0 Å². The Balaban J connectivity index is 1.49. The van der Waals surface area contributed by atoms with Crippen LogP contribution < -0.4 is 4.90 Å². The van der Waals surface area contributed by atoms with E-state index in [1.807, 2.05) is 42.2 Å². The summed E-state index contributed by atoms with van der Waals surface area (Å²) in [5.74, 6) is 2.89. The number of aryl methyl sites for hydroxylation is 1. The van der Waals surface area contributed by atoms with Gasteiger partial charge in [0.1, 0.15) is 11.6 Å². The summed E-state index contributed by atoms with van der Waals surface area (Å²) in [6.45, 7) is 4.64. The molecule has 0 bridgehead atoms. The van der Waals surface area contributed by atoms with Crippen LogP contribution in [0.5, 0.6) is 0 Å². The van der Waals surface area contributed by atoms with Crippen molar-refractivity contribution in [2.75, 3.05) is 11.4 Å². The molecule has 4 aromatic rings. The molecule has 25 heavy (non-hydrogen) atoms. The monoisotopic (exact) mass is 330 g/mol. The molecule has 3 aromatic heterocycles. The summed E-state index contributed by atoms with van der Waals surface area (Å²) in [4.78, 5) is 11.9. The second kappa shape index (κ2) is 5.44. The van der Waals surface area contributed by atoms with Crippen LogP contribution in [0.1, 0.15) is 11.4 Å². The quantitative estimate of drug-likeness (QED) is 0.567. The lowest BCUT2D eigenvalue weighted by Gasteiger charge is -2.29. The molecule has 6 heteroatoms. The summed E-state index contributed by atoms with van der Waals surface area (Å²) in [5.41, 5.74) is 3.40. The van der Waals surface area contributed by atoms with Crippen LogP contribution >= 0.6 is 0 Å². The SMILES string of the molecule is Cc1cnn(-c2cccc(N3CCn4c(nc5ccccc54)C3)n2)c1. The molecule has 5 rings (SSSR count). The van der Waals surface area contributed by atoms with Crippen LogP contribution in [-0.2, 0) is 13.1 Å². The van der Waals surface area contributed by atoms with Crippen molar-refractivity contribution in [1.82, 2.24) is 24.3 Å². The highest BCUT2D eigenvalue weighted by Crippen LogP contribution is 2.24. The predicted molar refractivity (Wildman–Crippen MR) is 96.9 cm³/mol. The number of benzene rings is 1. The molecule has 0 saturated carbocycles. The summed E-state index contributed by atoms with van der Waals surface area (Å²) in [7, 11) is 0. The van der Waals surface area contributed by atoms with Crippen LogP contribution in [0.3, 0.4) is 0 Å². The van der Waals surface area contributed by atoms with E-state index in [0.29, 0.717) is 0 Å². The van der Waals surface area contributed by atoms with Crippen molar-refractivity contribution in [3.63, 3.8) is 0 Å². The molecule has 0 atom stereocenters. The van der Waals surface area contributed by atoms with Gasteiger partial charge in [-0.3, -0.25) is 0 Å². The van der Waals surface area contributed by atoms with Gasteiger partial charge in [-0.15, -0.1) is 0 Å². The van der Waals surface area contributed by atoms with E-state index in [9.17, 15) is 0 Å². The second-order valence-electron chi connectivity index (χ2n) is 6.41. The van der Waals surface area contributed by atoms with Crippen molar-refractivity contribution < 1.29 is 0 Å². The molecule has 0 aliphatic carbocycles. The maximum Gasteiger partial charge on any atom is 0.155 e. The Hall–Kier alpha value is -3.15. The molecule has 6 nitrogen and oxygen atoms in total. The lowest BCUT2D eigenvalue weighted by molar-refractivity contribution is 0.567. The predicted octanol–water partition coefficient (Wildman–Crippen LogP) is 2.95. The molecule has 0 unspecified atom stereocenters. The summed E-state index contributed by atoms with van der Waals surface area (Å²) >= 11 is 0. The fourth-order valence-electron chi connectivity index (χ4n) is 3.42. The average Bonchev–Trinajstić information content (AvgIpc) is 3.24. The van der Waals surface area contributed by atoms with Crippen LogP contribution in [0.25, 0.3) is 16.9 Å². The highest BCUT2D eigenvalue weighted by atomic mass is 15.3. The summed E-state index contributed by atoms with van der Waals surface area (Å²) in [6, 6.07) is 14.4. The zero-order valence-electron chi connectivity index (χ0n) is 14.0. The molecular weight excluding hydrogens is 312 g/mol. The molecule has 1 aliphatic heterocycles. The molecule has 0 N–H and O–H groups in total. The van der Waals surface area contributed by atoms with Crippen molar-refractivity contribution >= 4 is 16.9 Å². The Kier molecular flexibility index (Phi) is 3.09. The number of anilines is 1. The number of hydrogen-bond donors (Lipinski definition) is 0. The molecular formula is C19H18N6. The first-order valence-corrected chi connectivity index (χ1v) is 8.46. The number of nitrogens with zero attached hydrogens (tertiary/aromatic N) is 6. The van der Waals surface area contributed by atoms with Crippen LogP contribution in [0, 0.1) is 6.92 Å². The number of imidazole rings is 1. The Morgan fingerprint density at radius 2 is 1.80 bits per heavy atom. The first kappa shape index (κ1) is 14.2. The van der Waals surface area contributed by atoms with E-state index in [2.05, 4.69) is 38.8 Å². The molecule has 1 aliphatic rings. The third-order valence-electron chi connectivity index (χ3n) is 4.65. The molecule has 0 saturated heterocycles. The van der Waals surface area contributed by atoms with Gasteiger partial charge in [0.25, 0.3) is 0 Å². The minimum atomic E-state index is 0.767. The van der Waals surface area contributed by atoms with E-state index < -0.39 is 0 Å². The van der Waals surface area contributed by atoms with E-state index >= 15 is 0 Å².